The summed E-state index contributed by atoms with van der Waals surface area (Å²) in [6.45, 7) is 1.93. The second-order valence-corrected chi connectivity index (χ2v) is 5.95. The molecule has 2 aromatic rings. The third kappa shape index (κ3) is 3.00. The van der Waals surface area contributed by atoms with E-state index in [1.807, 2.05) is 6.92 Å². The van der Waals surface area contributed by atoms with Crippen LogP contribution in [-0.4, -0.2) is 12.9 Å². The largest absolute Gasteiger partial charge is 0.496 e. The number of carbonyl (C=O) groups is 1. The van der Waals surface area contributed by atoms with E-state index in [2.05, 4.69) is 15.9 Å². The molecular formula is C15H11BrCl2O2. The number of halogens is 3. The summed E-state index contributed by atoms with van der Waals surface area (Å²) in [6, 6.07) is 8.34. The average Bonchev–Trinajstić information content (AvgIpc) is 2.40. The molecule has 0 aliphatic rings. The molecule has 0 saturated carbocycles. The van der Waals surface area contributed by atoms with Crippen LogP contribution in [0, 0.1) is 6.92 Å². The Kier molecular flexibility index (Phi) is 4.74. The van der Waals surface area contributed by atoms with E-state index in [1.165, 1.54) is 7.11 Å². The van der Waals surface area contributed by atoms with E-state index in [0.29, 0.717) is 26.9 Å². The highest BCUT2D eigenvalue weighted by atomic mass is 79.9. The fourth-order valence-electron chi connectivity index (χ4n) is 1.82. The molecule has 0 aliphatic carbocycles. The molecule has 104 valence electrons. The Balaban J connectivity index is 2.55. The minimum atomic E-state index is -0.204. The van der Waals surface area contributed by atoms with Gasteiger partial charge in [-0.05, 0) is 42.8 Å². The Hall–Kier alpha value is -1.03. The summed E-state index contributed by atoms with van der Waals surface area (Å²) in [7, 11) is 1.53. The highest BCUT2D eigenvalue weighted by Gasteiger charge is 2.18. The maximum Gasteiger partial charge on any atom is 0.198 e. The van der Waals surface area contributed by atoms with Crippen LogP contribution in [0.15, 0.2) is 34.8 Å². The van der Waals surface area contributed by atoms with Crippen molar-refractivity contribution in [2.45, 2.75) is 6.92 Å². The van der Waals surface area contributed by atoms with Crippen LogP contribution in [-0.2, 0) is 0 Å². The number of benzene rings is 2. The van der Waals surface area contributed by atoms with Gasteiger partial charge in [0, 0.05) is 15.1 Å². The zero-order chi connectivity index (χ0) is 14.9. The first-order chi connectivity index (χ1) is 9.43. The van der Waals surface area contributed by atoms with Crippen LogP contribution in [0.2, 0.25) is 10.0 Å². The molecule has 0 atom stereocenters. The topological polar surface area (TPSA) is 26.3 Å². The van der Waals surface area contributed by atoms with Crippen molar-refractivity contribution in [3.63, 3.8) is 0 Å². The number of rotatable bonds is 3. The van der Waals surface area contributed by atoms with E-state index >= 15 is 0 Å². The molecule has 0 heterocycles. The molecule has 2 nitrogen and oxygen atoms in total. The van der Waals surface area contributed by atoms with Crippen LogP contribution in [0.1, 0.15) is 21.5 Å². The molecule has 0 radical (unpaired) electrons. The van der Waals surface area contributed by atoms with Gasteiger partial charge in [-0.2, -0.15) is 0 Å². The molecule has 0 spiro atoms. The highest BCUT2D eigenvalue weighted by Crippen LogP contribution is 2.31. The van der Waals surface area contributed by atoms with Crippen molar-refractivity contribution in [1.82, 2.24) is 0 Å². The van der Waals surface area contributed by atoms with Crippen LogP contribution in [0.3, 0.4) is 0 Å². The number of ketones is 1. The maximum atomic E-state index is 12.6. The first-order valence-electron chi connectivity index (χ1n) is 5.78. The van der Waals surface area contributed by atoms with E-state index in [1.54, 1.807) is 30.3 Å². The Morgan fingerprint density at radius 1 is 1.15 bits per heavy atom. The monoisotopic (exact) mass is 372 g/mol. The molecule has 20 heavy (non-hydrogen) atoms. The summed E-state index contributed by atoms with van der Waals surface area (Å²) in [5.74, 6) is 0.311. The molecule has 0 aliphatic heterocycles. The van der Waals surface area contributed by atoms with Gasteiger partial charge in [0.15, 0.2) is 5.78 Å². The molecule has 0 amide bonds. The van der Waals surface area contributed by atoms with Gasteiger partial charge in [0.05, 0.1) is 17.7 Å². The van der Waals surface area contributed by atoms with Crippen molar-refractivity contribution in [3.8, 4) is 5.75 Å². The quantitative estimate of drug-likeness (QED) is 0.682. The van der Waals surface area contributed by atoms with Gasteiger partial charge < -0.3 is 4.74 Å². The van der Waals surface area contributed by atoms with E-state index in [9.17, 15) is 4.79 Å². The number of methoxy groups -OCH3 is 1. The molecule has 0 aromatic heterocycles. The van der Waals surface area contributed by atoms with Crippen molar-refractivity contribution < 1.29 is 9.53 Å². The van der Waals surface area contributed by atoms with E-state index < -0.39 is 0 Å². The van der Waals surface area contributed by atoms with Gasteiger partial charge in [0.25, 0.3) is 0 Å². The number of hydrogen-bond acceptors (Lipinski definition) is 2. The summed E-state index contributed by atoms with van der Waals surface area (Å²) in [6.07, 6.45) is 0. The first kappa shape index (κ1) is 15.4. The van der Waals surface area contributed by atoms with Crippen LogP contribution in [0.25, 0.3) is 0 Å². The van der Waals surface area contributed by atoms with Crippen molar-refractivity contribution in [2.75, 3.05) is 7.11 Å². The lowest BCUT2D eigenvalue weighted by Gasteiger charge is -2.11. The molecule has 0 unspecified atom stereocenters. The van der Waals surface area contributed by atoms with E-state index in [-0.39, 0.29) is 5.78 Å². The second-order valence-electron chi connectivity index (χ2n) is 4.25. The van der Waals surface area contributed by atoms with Gasteiger partial charge in [-0.25, -0.2) is 0 Å². The summed E-state index contributed by atoms with van der Waals surface area (Å²) >= 11 is 15.3. The molecule has 2 aromatic carbocycles. The molecule has 0 fully saturated rings. The van der Waals surface area contributed by atoms with Gasteiger partial charge in [0.1, 0.15) is 5.75 Å². The Labute approximate surface area is 135 Å². The van der Waals surface area contributed by atoms with Gasteiger partial charge >= 0.3 is 0 Å². The Morgan fingerprint density at radius 2 is 1.85 bits per heavy atom. The van der Waals surface area contributed by atoms with Crippen LogP contribution < -0.4 is 4.74 Å². The van der Waals surface area contributed by atoms with Gasteiger partial charge in [-0.3, -0.25) is 4.79 Å². The summed E-state index contributed by atoms with van der Waals surface area (Å²) in [4.78, 5) is 12.6. The predicted molar refractivity (Wildman–Crippen MR) is 85.3 cm³/mol. The molecule has 0 bridgehead atoms. The van der Waals surface area contributed by atoms with Crippen LogP contribution in [0.5, 0.6) is 5.75 Å². The lowest BCUT2D eigenvalue weighted by molar-refractivity contribution is 0.103. The number of aryl methyl sites for hydroxylation is 1. The lowest BCUT2D eigenvalue weighted by Crippen LogP contribution is -2.05. The fraction of sp³-hybridized carbons (Fsp3) is 0.133. The lowest BCUT2D eigenvalue weighted by atomic mass is 10.0. The second kappa shape index (κ2) is 6.17. The maximum absolute atomic E-state index is 12.6. The normalized spacial score (nSPS) is 10.4. The summed E-state index contributed by atoms with van der Waals surface area (Å²) in [5, 5.41) is 0.810. The van der Waals surface area contributed by atoms with E-state index in [0.717, 1.165) is 10.0 Å². The standard InChI is InChI=1S/C15H11BrCl2O2/c1-8-5-14(20-2)11(7-12(8)16)15(19)10-4-3-9(17)6-13(10)18/h3-7H,1-2H3. The third-order valence-electron chi connectivity index (χ3n) is 2.90. The minimum Gasteiger partial charge on any atom is -0.496 e. The fourth-order valence-corrected chi connectivity index (χ4v) is 2.66. The predicted octanol–water partition coefficient (Wildman–Crippen LogP) is 5.30. The highest BCUT2D eigenvalue weighted by molar-refractivity contribution is 9.10. The Bertz CT molecular complexity index is 684. The summed E-state index contributed by atoms with van der Waals surface area (Å²) < 4.78 is 6.12. The van der Waals surface area contributed by atoms with Crippen LogP contribution >= 0.6 is 39.1 Å². The van der Waals surface area contributed by atoms with Gasteiger partial charge in [-0.1, -0.05) is 39.1 Å². The molecule has 0 saturated heterocycles. The molecule has 5 heteroatoms. The smallest absolute Gasteiger partial charge is 0.198 e. The Morgan fingerprint density at radius 3 is 2.45 bits per heavy atom. The SMILES string of the molecule is COc1cc(C)c(Br)cc1C(=O)c1ccc(Cl)cc1Cl. The third-order valence-corrected chi connectivity index (χ3v) is 4.30. The summed E-state index contributed by atoms with van der Waals surface area (Å²) in [5.41, 5.74) is 1.83. The van der Waals surface area contributed by atoms with Crippen molar-refractivity contribution >= 4 is 44.9 Å². The van der Waals surface area contributed by atoms with Crippen molar-refractivity contribution in [3.05, 3.63) is 61.5 Å². The minimum absolute atomic E-state index is 0.204. The van der Waals surface area contributed by atoms with E-state index in [4.69, 9.17) is 27.9 Å². The van der Waals surface area contributed by atoms with Gasteiger partial charge in [-0.15, -0.1) is 0 Å². The molecule has 2 rings (SSSR count). The molecular weight excluding hydrogens is 363 g/mol. The number of carbonyl (C=O) groups excluding carboxylic acids is 1. The number of ether oxygens (including phenoxy) is 1. The zero-order valence-corrected chi connectivity index (χ0v) is 13.9. The molecule has 0 N–H and O–H groups in total. The van der Waals surface area contributed by atoms with Crippen LogP contribution in [0.4, 0.5) is 0 Å². The van der Waals surface area contributed by atoms with Crippen molar-refractivity contribution in [2.24, 2.45) is 0 Å². The van der Waals surface area contributed by atoms with Gasteiger partial charge in [0.2, 0.25) is 0 Å². The number of hydrogen-bond donors (Lipinski definition) is 0. The first-order valence-corrected chi connectivity index (χ1v) is 7.33. The average molecular weight is 374 g/mol. The van der Waals surface area contributed by atoms with Crippen molar-refractivity contribution in [1.29, 1.82) is 0 Å². The zero-order valence-electron chi connectivity index (χ0n) is 10.8.